The molecule has 25 heavy (non-hydrogen) atoms. The molecule has 1 fully saturated rings. The summed E-state index contributed by atoms with van der Waals surface area (Å²) in [6.07, 6.45) is 0.0232. The van der Waals surface area contributed by atoms with Crippen molar-refractivity contribution in [2.45, 2.75) is 18.6 Å². The third kappa shape index (κ3) is 5.14. The van der Waals surface area contributed by atoms with Crippen LogP contribution in [-0.2, 0) is 0 Å². The molecule has 0 aromatic heterocycles. The van der Waals surface area contributed by atoms with Gasteiger partial charge in [-0.2, -0.15) is 0 Å². The summed E-state index contributed by atoms with van der Waals surface area (Å²) >= 11 is 0. The van der Waals surface area contributed by atoms with Crippen molar-refractivity contribution < 1.29 is 23.4 Å². The van der Waals surface area contributed by atoms with Gasteiger partial charge < -0.3 is 14.6 Å². The van der Waals surface area contributed by atoms with E-state index in [4.69, 9.17) is 9.47 Å². The van der Waals surface area contributed by atoms with Crippen LogP contribution in [0.5, 0.6) is 11.5 Å². The van der Waals surface area contributed by atoms with E-state index >= 15 is 0 Å². The van der Waals surface area contributed by atoms with Crippen LogP contribution in [0.15, 0.2) is 42.5 Å². The number of likely N-dealkylation sites (tertiary alicyclic amines) is 1. The van der Waals surface area contributed by atoms with Crippen LogP contribution < -0.4 is 9.47 Å². The molecule has 2 unspecified atom stereocenters. The Balaban J connectivity index is 1.42. The van der Waals surface area contributed by atoms with Gasteiger partial charge in [-0.05, 0) is 24.6 Å². The number of nitrogens with zero attached hydrogens (tertiary/aromatic N) is 1. The Bertz CT molecular complexity index is 684. The molecule has 1 N–H and O–H groups in total. The summed E-state index contributed by atoms with van der Waals surface area (Å²) in [5, 5.41) is 10.1. The van der Waals surface area contributed by atoms with Gasteiger partial charge in [0.15, 0.2) is 11.6 Å². The molecule has 2 aromatic carbocycles. The molecule has 1 aliphatic heterocycles. The van der Waals surface area contributed by atoms with Crippen LogP contribution in [0.1, 0.15) is 6.42 Å². The Morgan fingerprint density at radius 1 is 1.24 bits per heavy atom. The molecule has 4 nitrogen and oxygen atoms in total. The van der Waals surface area contributed by atoms with Crippen LogP contribution in [0.2, 0.25) is 0 Å². The van der Waals surface area contributed by atoms with Gasteiger partial charge in [-0.1, -0.05) is 18.2 Å². The molecule has 0 bridgehead atoms. The number of hydrogen-bond acceptors (Lipinski definition) is 4. The second kappa shape index (κ2) is 8.27. The molecule has 1 aliphatic rings. The van der Waals surface area contributed by atoms with Gasteiger partial charge in [0.1, 0.15) is 30.3 Å². The molecule has 0 amide bonds. The van der Waals surface area contributed by atoms with Crippen molar-refractivity contribution in [1.82, 2.24) is 4.90 Å². The molecule has 2 atom stereocenters. The van der Waals surface area contributed by atoms with E-state index in [2.05, 4.69) is 11.0 Å². The first kappa shape index (κ1) is 17.6. The summed E-state index contributed by atoms with van der Waals surface area (Å²) < 4.78 is 37.3. The lowest BCUT2D eigenvalue weighted by molar-refractivity contribution is 0.0719. The second-order valence-electron chi connectivity index (χ2n) is 6.06. The Morgan fingerprint density at radius 3 is 2.88 bits per heavy atom. The molecule has 1 heterocycles. The van der Waals surface area contributed by atoms with Crippen molar-refractivity contribution in [3.63, 3.8) is 0 Å². The minimum atomic E-state index is -0.919. The molecule has 0 saturated carbocycles. The van der Waals surface area contributed by atoms with E-state index < -0.39 is 17.7 Å². The van der Waals surface area contributed by atoms with Crippen molar-refractivity contribution in [1.29, 1.82) is 0 Å². The van der Waals surface area contributed by atoms with Crippen molar-refractivity contribution in [2.75, 3.05) is 26.2 Å². The van der Waals surface area contributed by atoms with E-state index in [0.29, 0.717) is 24.6 Å². The third-order valence-electron chi connectivity index (χ3n) is 4.00. The molecule has 2 aromatic rings. The van der Waals surface area contributed by atoms with Gasteiger partial charge in [0.05, 0.1) is 0 Å². The Kier molecular flexibility index (Phi) is 5.83. The molecule has 0 aliphatic carbocycles. The van der Waals surface area contributed by atoms with Crippen LogP contribution in [-0.4, -0.2) is 48.5 Å². The topological polar surface area (TPSA) is 41.9 Å². The highest BCUT2D eigenvalue weighted by Gasteiger charge is 2.26. The summed E-state index contributed by atoms with van der Waals surface area (Å²) in [5.74, 6) is -0.895. The van der Waals surface area contributed by atoms with Gasteiger partial charge in [0.25, 0.3) is 0 Å². The minimum absolute atomic E-state index is 0.111. The molecule has 0 spiro atoms. The number of halogens is 2. The first-order valence-electron chi connectivity index (χ1n) is 8.22. The smallest absolute Gasteiger partial charge is 0.162 e. The summed E-state index contributed by atoms with van der Waals surface area (Å²) in [6.45, 7) is 2.03. The number of benzene rings is 2. The number of hydrogen-bond donors (Lipinski definition) is 1. The Morgan fingerprint density at radius 2 is 2.12 bits per heavy atom. The Hall–Kier alpha value is -2.18. The van der Waals surface area contributed by atoms with E-state index in [-0.39, 0.29) is 12.7 Å². The number of β-amino-alcohol motifs (C(OH)–C–C–N with tert-alkyl or cyclic N) is 1. The van der Waals surface area contributed by atoms with E-state index in [9.17, 15) is 13.9 Å². The summed E-state index contributed by atoms with van der Waals surface area (Å²) in [6, 6.07) is 13.7. The van der Waals surface area contributed by atoms with Gasteiger partial charge in [-0.25, -0.2) is 8.78 Å². The highest BCUT2D eigenvalue weighted by Crippen LogP contribution is 2.21. The van der Waals surface area contributed by atoms with Gasteiger partial charge in [0, 0.05) is 31.8 Å². The van der Waals surface area contributed by atoms with Crippen LogP contribution in [0.3, 0.4) is 0 Å². The maximum absolute atomic E-state index is 13.2. The number of ether oxygens (including phenoxy) is 2. The maximum atomic E-state index is 13.2. The predicted octanol–water partition coefficient (Wildman–Crippen LogP) is 2.66. The minimum Gasteiger partial charge on any atom is -0.490 e. The van der Waals surface area contributed by atoms with Crippen molar-refractivity contribution in [2.24, 2.45) is 0 Å². The first-order chi connectivity index (χ1) is 12.1. The zero-order valence-corrected chi connectivity index (χ0v) is 13.7. The quantitative estimate of drug-likeness (QED) is 0.835. The molecular formula is C19H20F2NO3. The normalized spacial score (nSPS) is 18.9. The molecule has 1 saturated heterocycles. The monoisotopic (exact) mass is 348 g/mol. The highest BCUT2D eigenvalue weighted by molar-refractivity contribution is 5.24. The molecule has 1 radical (unpaired) electrons. The SMILES string of the molecule is OC(COc1[c]cccc1)CN1CCC(Oc2ccc(F)c(F)c2)C1. The molecule has 6 heteroatoms. The second-order valence-corrected chi connectivity index (χ2v) is 6.06. The molecule has 133 valence electrons. The van der Waals surface area contributed by atoms with E-state index in [1.807, 2.05) is 12.1 Å². The van der Waals surface area contributed by atoms with Crippen molar-refractivity contribution in [3.05, 3.63) is 60.2 Å². The van der Waals surface area contributed by atoms with Crippen LogP contribution in [0, 0.1) is 17.7 Å². The van der Waals surface area contributed by atoms with E-state index in [1.165, 1.54) is 6.07 Å². The van der Waals surface area contributed by atoms with Gasteiger partial charge in [-0.15, -0.1) is 0 Å². The van der Waals surface area contributed by atoms with Crippen LogP contribution in [0.25, 0.3) is 0 Å². The zero-order chi connectivity index (χ0) is 17.6. The maximum Gasteiger partial charge on any atom is 0.162 e. The fourth-order valence-corrected chi connectivity index (χ4v) is 2.81. The molecule has 3 rings (SSSR count). The Labute approximate surface area is 145 Å². The van der Waals surface area contributed by atoms with Gasteiger partial charge >= 0.3 is 0 Å². The number of rotatable bonds is 7. The van der Waals surface area contributed by atoms with E-state index in [1.54, 1.807) is 12.1 Å². The lowest BCUT2D eigenvalue weighted by Crippen LogP contribution is -2.35. The summed E-state index contributed by atoms with van der Waals surface area (Å²) in [4.78, 5) is 2.06. The largest absolute Gasteiger partial charge is 0.490 e. The first-order valence-corrected chi connectivity index (χ1v) is 8.22. The lowest BCUT2D eigenvalue weighted by Gasteiger charge is -2.20. The lowest BCUT2D eigenvalue weighted by atomic mass is 10.3. The van der Waals surface area contributed by atoms with Gasteiger partial charge in [0.2, 0.25) is 0 Å². The van der Waals surface area contributed by atoms with Crippen LogP contribution >= 0.6 is 0 Å². The highest BCUT2D eigenvalue weighted by atomic mass is 19.2. The van der Waals surface area contributed by atoms with Crippen molar-refractivity contribution in [3.8, 4) is 11.5 Å². The number of aliphatic hydroxyl groups excluding tert-OH is 1. The third-order valence-corrected chi connectivity index (χ3v) is 4.00. The van der Waals surface area contributed by atoms with Crippen molar-refractivity contribution >= 4 is 0 Å². The fraction of sp³-hybridized carbons (Fsp3) is 0.368. The summed E-state index contributed by atoms with van der Waals surface area (Å²) in [7, 11) is 0. The van der Waals surface area contributed by atoms with Crippen LogP contribution in [0.4, 0.5) is 8.78 Å². The molecular weight excluding hydrogens is 328 g/mol. The average Bonchev–Trinajstić information content (AvgIpc) is 3.04. The zero-order valence-electron chi connectivity index (χ0n) is 13.7. The standard InChI is InChI=1S/C19H20F2NO3/c20-18-7-6-16(10-19(18)21)25-17-8-9-22(12-17)11-14(23)13-24-15-4-2-1-3-5-15/h1-4,6-7,10,14,17,23H,8-9,11-13H2. The van der Waals surface area contributed by atoms with E-state index in [0.717, 1.165) is 25.1 Å². The predicted molar refractivity (Wildman–Crippen MR) is 88.6 cm³/mol. The summed E-state index contributed by atoms with van der Waals surface area (Å²) in [5.41, 5.74) is 0. The number of para-hydroxylation sites is 1. The fourth-order valence-electron chi connectivity index (χ4n) is 2.81. The van der Waals surface area contributed by atoms with Gasteiger partial charge in [-0.3, -0.25) is 4.90 Å². The average molecular weight is 348 g/mol. The number of aliphatic hydroxyl groups is 1.